The van der Waals surface area contributed by atoms with Gasteiger partial charge in [0, 0.05) is 11.4 Å². The van der Waals surface area contributed by atoms with Crippen molar-refractivity contribution >= 4 is 36.2 Å². The summed E-state index contributed by atoms with van der Waals surface area (Å²) in [5.41, 5.74) is 1.37. The predicted octanol–water partition coefficient (Wildman–Crippen LogP) is 2.58. The summed E-state index contributed by atoms with van der Waals surface area (Å²) in [5, 5.41) is 4.40. The standard InChI is InChI=1S/C9H14N2S.2ClH/c1-10-6-9-11-7-4-2-3-5-8(7)12-9;;/h10H,2-6H2,1H3;2*1H. The molecule has 1 aromatic rings. The minimum atomic E-state index is 0. The lowest BCUT2D eigenvalue weighted by Crippen LogP contribution is -2.04. The maximum absolute atomic E-state index is 4.60. The number of rotatable bonds is 2. The van der Waals surface area contributed by atoms with Crippen molar-refractivity contribution in [2.75, 3.05) is 7.05 Å². The van der Waals surface area contributed by atoms with E-state index in [1.165, 1.54) is 41.3 Å². The number of halogens is 2. The minimum absolute atomic E-state index is 0. The zero-order valence-corrected chi connectivity index (χ0v) is 10.7. The molecule has 0 unspecified atom stereocenters. The summed E-state index contributed by atoms with van der Waals surface area (Å²) in [4.78, 5) is 6.13. The van der Waals surface area contributed by atoms with Gasteiger partial charge in [-0.1, -0.05) is 0 Å². The summed E-state index contributed by atoms with van der Waals surface area (Å²) in [5.74, 6) is 0. The van der Waals surface area contributed by atoms with Crippen LogP contribution in [-0.2, 0) is 19.4 Å². The van der Waals surface area contributed by atoms with Gasteiger partial charge in [-0.15, -0.1) is 36.2 Å². The molecule has 2 nitrogen and oxygen atoms in total. The first kappa shape index (κ1) is 14.2. The van der Waals surface area contributed by atoms with Gasteiger partial charge in [0.15, 0.2) is 0 Å². The predicted molar refractivity (Wildman–Crippen MR) is 66.0 cm³/mol. The number of nitrogens with zero attached hydrogens (tertiary/aromatic N) is 1. The Bertz CT molecular complexity index is 252. The summed E-state index contributed by atoms with van der Waals surface area (Å²) in [6.07, 6.45) is 5.15. The fraction of sp³-hybridized carbons (Fsp3) is 0.667. The topological polar surface area (TPSA) is 24.9 Å². The van der Waals surface area contributed by atoms with E-state index < -0.39 is 0 Å². The molecular formula is C9H16Cl2N2S. The number of hydrogen-bond acceptors (Lipinski definition) is 3. The molecule has 0 fully saturated rings. The zero-order valence-electron chi connectivity index (χ0n) is 8.21. The fourth-order valence-electron chi connectivity index (χ4n) is 1.63. The van der Waals surface area contributed by atoms with Gasteiger partial charge in [-0.3, -0.25) is 0 Å². The van der Waals surface area contributed by atoms with Crippen LogP contribution in [0, 0.1) is 0 Å². The van der Waals surface area contributed by atoms with E-state index in [1.54, 1.807) is 0 Å². The number of fused-ring (bicyclic) bond motifs is 1. The Labute approximate surface area is 101 Å². The van der Waals surface area contributed by atoms with Crippen LogP contribution in [-0.4, -0.2) is 12.0 Å². The van der Waals surface area contributed by atoms with E-state index in [0.29, 0.717) is 0 Å². The van der Waals surface area contributed by atoms with Crippen LogP contribution >= 0.6 is 36.2 Å². The van der Waals surface area contributed by atoms with Crippen molar-refractivity contribution in [1.82, 2.24) is 10.3 Å². The van der Waals surface area contributed by atoms with Gasteiger partial charge in [0.25, 0.3) is 0 Å². The molecule has 0 saturated carbocycles. The van der Waals surface area contributed by atoms with E-state index in [0.717, 1.165) is 6.54 Å². The van der Waals surface area contributed by atoms with E-state index in [9.17, 15) is 0 Å². The van der Waals surface area contributed by atoms with E-state index in [4.69, 9.17) is 0 Å². The quantitative estimate of drug-likeness (QED) is 0.878. The highest BCUT2D eigenvalue weighted by molar-refractivity contribution is 7.11. The molecule has 0 radical (unpaired) electrons. The van der Waals surface area contributed by atoms with Crippen molar-refractivity contribution in [3.05, 3.63) is 15.6 Å². The van der Waals surface area contributed by atoms with Crippen molar-refractivity contribution in [1.29, 1.82) is 0 Å². The van der Waals surface area contributed by atoms with Crippen LogP contribution in [0.25, 0.3) is 0 Å². The maximum atomic E-state index is 4.60. The SMILES string of the molecule is CNCc1nc2c(s1)CCCC2.Cl.Cl. The van der Waals surface area contributed by atoms with Crippen molar-refractivity contribution in [2.45, 2.75) is 32.2 Å². The lowest BCUT2D eigenvalue weighted by molar-refractivity contribution is 0.678. The smallest absolute Gasteiger partial charge is 0.107 e. The van der Waals surface area contributed by atoms with Gasteiger partial charge < -0.3 is 5.32 Å². The van der Waals surface area contributed by atoms with E-state index in [-0.39, 0.29) is 24.8 Å². The molecule has 82 valence electrons. The monoisotopic (exact) mass is 254 g/mol. The van der Waals surface area contributed by atoms with Crippen molar-refractivity contribution in [3.63, 3.8) is 0 Å². The van der Waals surface area contributed by atoms with E-state index >= 15 is 0 Å². The van der Waals surface area contributed by atoms with Gasteiger partial charge in [-0.05, 0) is 32.7 Å². The number of hydrogen-bond donors (Lipinski definition) is 1. The highest BCUT2D eigenvalue weighted by Crippen LogP contribution is 2.26. The summed E-state index contributed by atoms with van der Waals surface area (Å²) in [6, 6.07) is 0. The van der Waals surface area contributed by atoms with Gasteiger partial charge in [0.1, 0.15) is 5.01 Å². The normalized spacial score (nSPS) is 13.8. The maximum Gasteiger partial charge on any atom is 0.107 e. The first-order valence-electron chi connectivity index (χ1n) is 4.52. The molecule has 1 aliphatic rings. The molecule has 1 heterocycles. The molecular weight excluding hydrogens is 239 g/mol. The lowest BCUT2D eigenvalue weighted by Gasteiger charge is -2.06. The highest BCUT2D eigenvalue weighted by Gasteiger charge is 2.13. The first-order chi connectivity index (χ1) is 5.90. The second kappa shape index (κ2) is 6.62. The Morgan fingerprint density at radius 2 is 2.00 bits per heavy atom. The third-order valence-electron chi connectivity index (χ3n) is 2.22. The molecule has 1 aliphatic carbocycles. The van der Waals surface area contributed by atoms with Crippen LogP contribution < -0.4 is 5.32 Å². The van der Waals surface area contributed by atoms with Crippen molar-refractivity contribution in [3.8, 4) is 0 Å². The first-order valence-corrected chi connectivity index (χ1v) is 5.34. The van der Waals surface area contributed by atoms with Gasteiger partial charge in [0.05, 0.1) is 5.69 Å². The Kier molecular flexibility index (Phi) is 6.70. The van der Waals surface area contributed by atoms with E-state index in [1.807, 2.05) is 18.4 Å². The van der Waals surface area contributed by atoms with Crippen LogP contribution in [0.4, 0.5) is 0 Å². The molecule has 1 N–H and O–H groups in total. The summed E-state index contributed by atoms with van der Waals surface area (Å²) < 4.78 is 0. The third kappa shape index (κ3) is 3.09. The number of thiazole rings is 1. The molecule has 0 saturated heterocycles. The van der Waals surface area contributed by atoms with E-state index in [2.05, 4.69) is 10.3 Å². The molecule has 0 bridgehead atoms. The Morgan fingerprint density at radius 3 is 2.64 bits per heavy atom. The average Bonchev–Trinajstić information content (AvgIpc) is 2.47. The summed E-state index contributed by atoms with van der Waals surface area (Å²) in [7, 11) is 1.97. The molecule has 0 aliphatic heterocycles. The van der Waals surface area contributed by atoms with Crippen LogP contribution in [0.1, 0.15) is 28.4 Å². The second-order valence-corrected chi connectivity index (χ2v) is 4.38. The Balaban J connectivity index is 0.000000845. The lowest BCUT2D eigenvalue weighted by atomic mass is 10.0. The number of nitrogens with one attached hydrogen (secondary N) is 1. The van der Waals surface area contributed by atoms with Gasteiger partial charge in [-0.25, -0.2) is 4.98 Å². The fourth-order valence-corrected chi connectivity index (χ4v) is 2.80. The zero-order chi connectivity index (χ0) is 8.39. The van der Waals surface area contributed by atoms with Crippen LogP contribution in [0.3, 0.4) is 0 Å². The second-order valence-electron chi connectivity index (χ2n) is 3.21. The molecule has 0 amide bonds. The molecule has 0 aromatic carbocycles. The highest BCUT2D eigenvalue weighted by atomic mass is 35.5. The summed E-state index contributed by atoms with van der Waals surface area (Å²) >= 11 is 1.89. The third-order valence-corrected chi connectivity index (χ3v) is 3.38. The molecule has 5 heteroatoms. The van der Waals surface area contributed by atoms with Crippen LogP contribution in [0.5, 0.6) is 0 Å². The Hall–Kier alpha value is 0.170. The van der Waals surface area contributed by atoms with Gasteiger partial charge in [-0.2, -0.15) is 0 Å². The van der Waals surface area contributed by atoms with Crippen molar-refractivity contribution in [2.24, 2.45) is 0 Å². The molecule has 0 spiro atoms. The van der Waals surface area contributed by atoms with Crippen molar-refractivity contribution < 1.29 is 0 Å². The average molecular weight is 255 g/mol. The Morgan fingerprint density at radius 1 is 1.29 bits per heavy atom. The van der Waals surface area contributed by atoms with Gasteiger partial charge in [0.2, 0.25) is 0 Å². The molecule has 0 atom stereocenters. The van der Waals surface area contributed by atoms with Gasteiger partial charge >= 0.3 is 0 Å². The number of aromatic nitrogens is 1. The summed E-state index contributed by atoms with van der Waals surface area (Å²) in [6.45, 7) is 0.928. The molecule has 1 aromatic heterocycles. The minimum Gasteiger partial charge on any atom is -0.314 e. The molecule has 2 rings (SSSR count). The largest absolute Gasteiger partial charge is 0.314 e. The number of aryl methyl sites for hydroxylation is 2. The molecule has 14 heavy (non-hydrogen) atoms. The van der Waals surface area contributed by atoms with Crippen LogP contribution in [0.2, 0.25) is 0 Å². The van der Waals surface area contributed by atoms with Crippen LogP contribution in [0.15, 0.2) is 0 Å².